The van der Waals surface area contributed by atoms with E-state index in [1.807, 2.05) is 42.5 Å². The van der Waals surface area contributed by atoms with Crippen LogP contribution in [0.3, 0.4) is 0 Å². The summed E-state index contributed by atoms with van der Waals surface area (Å²) < 4.78 is 0. The van der Waals surface area contributed by atoms with Crippen LogP contribution in [0.15, 0.2) is 151 Å². The quantitative estimate of drug-likeness (QED) is 0.199. The van der Waals surface area contributed by atoms with Gasteiger partial charge in [-0.3, -0.25) is 4.99 Å². The zero-order valence-electron chi connectivity index (χ0n) is 22.3. The summed E-state index contributed by atoms with van der Waals surface area (Å²) in [4.78, 5) is 5.27. The normalized spacial score (nSPS) is 12.1. The highest BCUT2D eigenvalue weighted by Crippen LogP contribution is 2.29. The van der Waals surface area contributed by atoms with E-state index in [0.717, 1.165) is 34.5 Å². The topological polar surface area (TPSA) is 50.4 Å². The Bertz CT molecular complexity index is 1810. The minimum Gasteiger partial charge on any atom is -0.398 e. The number of benzene rings is 6. The summed E-state index contributed by atoms with van der Waals surface area (Å²) in [6.07, 6.45) is 2.01. The Labute approximate surface area is 235 Å². The van der Waals surface area contributed by atoms with Crippen LogP contribution in [0.5, 0.6) is 0 Å². The van der Waals surface area contributed by atoms with E-state index in [4.69, 9.17) is 10.7 Å². The van der Waals surface area contributed by atoms with Crippen molar-refractivity contribution in [2.24, 2.45) is 10.7 Å². The highest BCUT2D eigenvalue weighted by molar-refractivity contribution is 6.18. The van der Waals surface area contributed by atoms with Crippen molar-refractivity contribution in [1.82, 2.24) is 0 Å². The van der Waals surface area contributed by atoms with Gasteiger partial charge in [-0.05, 0) is 44.8 Å². The van der Waals surface area contributed by atoms with Crippen LogP contribution in [0, 0.1) is 0 Å². The van der Waals surface area contributed by atoms with Crippen LogP contribution in [0.2, 0.25) is 0 Å². The predicted octanol–water partition coefficient (Wildman–Crippen LogP) is 8.59. The maximum Gasteiger partial charge on any atom is 0.0677 e. The molecule has 0 fully saturated rings. The minimum atomic E-state index is 0.510. The third-order valence-electron chi connectivity index (χ3n) is 7.24. The molecule has 0 bridgehead atoms. The molecule has 194 valence electrons. The fourth-order valence-electron chi connectivity index (χ4n) is 5.15. The second-order valence-corrected chi connectivity index (χ2v) is 9.85. The van der Waals surface area contributed by atoms with Gasteiger partial charge in [0.25, 0.3) is 0 Å². The van der Waals surface area contributed by atoms with E-state index in [1.165, 1.54) is 27.3 Å². The number of hydrogen-bond acceptors (Lipinski definition) is 3. The molecule has 0 unspecified atom stereocenters. The molecule has 3 nitrogen and oxygen atoms in total. The lowest BCUT2D eigenvalue weighted by Crippen LogP contribution is -2.06. The second kappa shape index (κ2) is 11.7. The van der Waals surface area contributed by atoms with Gasteiger partial charge in [-0.15, -0.1) is 0 Å². The van der Waals surface area contributed by atoms with E-state index in [1.54, 1.807) is 0 Å². The first-order valence-electron chi connectivity index (χ1n) is 13.6. The zero-order chi connectivity index (χ0) is 27.1. The number of nitrogens with zero attached hydrogens (tertiary/aromatic N) is 1. The van der Waals surface area contributed by atoms with Gasteiger partial charge in [0.05, 0.1) is 12.3 Å². The number of nitrogens with two attached hydrogens (primary N) is 1. The van der Waals surface area contributed by atoms with E-state index in [-0.39, 0.29) is 0 Å². The summed E-state index contributed by atoms with van der Waals surface area (Å²) in [5.41, 5.74) is 13.7. The smallest absolute Gasteiger partial charge is 0.0677 e. The van der Waals surface area contributed by atoms with E-state index in [9.17, 15) is 0 Å². The third-order valence-corrected chi connectivity index (χ3v) is 7.24. The molecule has 3 heteroatoms. The van der Waals surface area contributed by atoms with E-state index < -0.39 is 0 Å². The fraction of sp³-hybridized carbons (Fsp3) is 0.0541. The van der Waals surface area contributed by atoms with Crippen LogP contribution < -0.4 is 11.1 Å². The van der Waals surface area contributed by atoms with Crippen molar-refractivity contribution in [1.29, 1.82) is 0 Å². The van der Waals surface area contributed by atoms with Crippen LogP contribution in [0.4, 0.5) is 5.69 Å². The Balaban J connectivity index is 1.46. The molecule has 0 saturated carbocycles. The van der Waals surface area contributed by atoms with Gasteiger partial charge < -0.3 is 11.1 Å². The lowest BCUT2D eigenvalue weighted by Gasteiger charge is -2.15. The van der Waals surface area contributed by atoms with Crippen LogP contribution >= 0.6 is 0 Å². The SMILES string of the molecule is N/C(=C\C(=N/Cc1c(NCc2ccccc2)ccc2ccccc12)c1cccc2ccccc12)c1ccccc1. The maximum atomic E-state index is 6.65. The monoisotopic (exact) mass is 517 g/mol. The van der Waals surface area contributed by atoms with Crippen molar-refractivity contribution >= 4 is 38.6 Å². The molecule has 6 aromatic carbocycles. The summed E-state index contributed by atoms with van der Waals surface area (Å²) in [5, 5.41) is 8.40. The molecule has 0 atom stereocenters. The van der Waals surface area contributed by atoms with E-state index >= 15 is 0 Å². The average molecular weight is 518 g/mol. The Kier molecular flexibility index (Phi) is 7.36. The van der Waals surface area contributed by atoms with Gasteiger partial charge in [0.2, 0.25) is 0 Å². The number of hydrogen-bond donors (Lipinski definition) is 2. The van der Waals surface area contributed by atoms with Gasteiger partial charge in [-0.1, -0.05) is 133 Å². The number of fused-ring (bicyclic) bond motifs is 2. The van der Waals surface area contributed by atoms with Crippen molar-refractivity contribution in [2.75, 3.05) is 5.32 Å². The molecule has 0 aliphatic heterocycles. The number of anilines is 1. The molecule has 6 aromatic rings. The second-order valence-electron chi connectivity index (χ2n) is 9.85. The van der Waals surface area contributed by atoms with Gasteiger partial charge in [-0.2, -0.15) is 0 Å². The van der Waals surface area contributed by atoms with Gasteiger partial charge in [0.15, 0.2) is 0 Å². The largest absolute Gasteiger partial charge is 0.398 e. The Morgan fingerprint density at radius 3 is 2.02 bits per heavy atom. The molecule has 3 N–H and O–H groups in total. The molecule has 0 spiro atoms. The molecular weight excluding hydrogens is 486 g/mol. The van der Waals surface area contributed by atoms with Crippen molar-refractivity contribution in [3.8, 4) is 0 Å². The molecule has 40 heavy (non-hydrogen) atoms. The summed E-state index contributed by atoms with van der Waals surface area (Å²) in [6, 6.07) is 48.2. The first-order valence-corrected chi connectivity index (χ1v) is 13.6. The van der Waals surface area contributed by atoms with Gasteiger partial charge >= 0.3 is 0 Å². The van der Waals surface area contributed by atoms with Crippen LogP contribution in [0.1, 0.15) is 22.3 Å². The van der Waals surface area contributed by atoms with Crippen molar-refractivity contribution < 1.29 is 0 Å². The summed E-state index contributed by atoms with van der Waals surface area (Å²) in [7, 11) is 0. The maximum absolute atomic E-state index is 6.65. The summed E-state index contributed by atoms with van der Waals surface area (Å²) in [5.74, 6) is 0. The summed E-state index contributed by atoms with van der Waals surface area (Å²) in [6.45, 7) is 1.25. The van der Waals surface area contributed by atoms with Crippen molar-refractivity contribution in [3.05, 3.63) is 168 Å². The number of rotatable bonds is 8. The van der Waals surface area contributed by atoms with Gasteiger partial charge in [0.1, 0.15) is 0 Å². The fourth-order valence-corrected chi connectivity index (χ4v) is 5.15. The highest BCUT2D eigenvalue weighted by atomic mass is 14.9. The number of nitrogens with one attached hydrogen (secondary N) is 1. The zero-order valence-corrected chi connectivity index (χ0v) is 22.3. The molecular formula is C37H31N3. The Morgan fingerprint density at radius 2 is 1.25 bits per heavy atom. The molecule has 0 radical (unpaired) electrons. The molecule has 0 amide bonds. The van der Waals surface area contributed by atoms with Crippen molar-refractivity contribution in [3.63, 3.8) is 0 Å². The summed E-state index contributed by atoms with van der Waals surface area (Å²) >= 11 is 0. The van der Waals surface area contributed by atoms with Crippen LogP contribution in [-0.4, -0.2) is 5.71 Å². The van der Waals surface area contributed by atoms with E-state index in [0.29, 0.717) is 12.2 Å². The number of aliphatic imine (C=N–C) groups is 1. The predicted molar refractivity (Wildman–Crippen MR) is 171 cm³/mol. The lowest BCUT2D eigenvalue weighted by molar-refractivity contribution is 1.06. The first kappa shape index (κ1) is 25.1. The van der Waals surface area contributed by atoms with Crippen molar-refractivity contribution in [2.45, 2.75) is 13.1 Å². The van der Waals surface area contributed by atoms with E-state index in [2.05, 4.69) is 108 Å². The molecule has 0 saturated heterocycles. The highest BCUT2D eigenvalue weighted by Gasteiger charge is 2.11. The van der Waals surface area contributed by atoms with Crippen LogP contribution in [-0.2, 0) is 13.1 Å². The Morgan fingerprint density at radius 1 is 0.625 bits per heavy atom. The minimum absolute atomic E-state index is 0.510. The first-order chi connectivity index (χ1) is 19.8. The average Bonchev–Trinajstić information content (AvgIpc) is 3.02. The van der Waals surface area contributed by atoms with Crippen LogP contribution in [0.25, 0.3) is 27.2 Å². The molecule has 0 aliphatic rings. The van der Waals surface area contributed by atoms with Gasteiger partial charge in [0, 0.05) is 29.1 Å². The molecule has 6 rings (SSSR count). The molecule has 0 aliphatic carbocycles. The molecule has 0 aromatic heterocycles. The third kappa shape index (κ3) is 5.50. The number of allylic oxidation sites excluding steroid dienone is 1. The molecule has 0 heterocycles. The van der Waals surface area contributed by atoms with Gasteiger partial charge in [-0.25, -0.2) is 0 Å². The Hall–Kier alpha value is -5.15. The lowest BCUT2D eigenvalue weighted by atomic mass is 9.98. The standard InChI is InChI=1S/C37H31N3/c38-35(30-16-5-2-6-17-30)24-37(33-21-11-18-28-14-7-9-19-31(28)33)40-26-34-32-20-10-8-15-29(32)22-23-36(34)39-25-27-12-3-1-4-13-27/h1-24,39H,25-26,38H2/b35-24-,40-37+.